The Morgan fingerprint density at radius 3 is 2.54 bits per heavy atom. The average Bonchev–Trinajstić information content (AvgIpc) is 3.18. The van der Waals surface area contributed by atoms with Gasteiger partial charge in [0, 0.05) is 26.1 Å². The molecule has 0 saturated carbocycles. The number of para-hydroxylation sites is 1. The highest BCUT2D eigenvalue weighted by Gasteiger charge is 2.26. The molecule has 0 unspecified atom stereocenters. The average molecular weight is 544 g/mol. The van der Waals surface area contributed by atoms with Crippen molar-refractivity contribution in [1.29, 1.82) is 0 Å². The van der Waals surface area contributed by atoms with Crippen LogP contribution in [0.2, 0.25) is 0 Å². The molecule has 4 amide bonds. The molecule has 0 aliphatic carbocycles. The molecule has 2 aliphatic rings. The Labute approximate surface area is 232 Å². The summed E-state index contributed by atoms with van der Waals surface area (Å²) < 4.78 is 5.85. The van der Waals surface area contributed by atoms with E-state index < -0.39 is 18.0 Å². The van der Waals surface area contributed by atoms with Gasteiger partial charge in [0.15, 0.2) is 0 Å². The lowest BCUT2D eigenvalue weighted by molar-refractivity contribution is -0.129. The summed E-state index contributed by atoms with van der Waals surface area (Å²) in [5.74, 6) is -0.722. The Balaban J connectivity index is 1.72. The number of nitrogens with zero attached hydrogens (tertiary/aromatic N) is 1. The standard InChI is InChI=1S/C29H45N5O5/c1-21(2)20-24-29(38)30-14-9-19-39-25-11-6-5-10-22(25)27(36)33-23(12-13-26(35)32-24)28(37)31-15-18-34-16-7-3-4-8-17-34/h5-6,10-11,21,23-24H,3-4,7-9,12-20H2,1-2H3,(H,30,38)(H,31,37)(H,32,35)(H,33,36)/t23-,24-/m0/s1. The first-order valence-electron chi connectivity index (χ1n) is 14.4. The first-order valence-corrected chi connectivity index (χ1v) is 14.4. The van der Waals surface area contributed by atoms with Crippen molar-refractivity contribution < 1.29 is 23.9 Å². The fourth-order valence-corrected chi connectivity index (χ4v) is 4.94. The molecule has 2 heterocycles. The number of amides is 4. The van der Waals surface area contributed by atoms with Gasteiger partial charge in [-0.05, 0) is 63.2 Å². The Morgan fingerprint density at radius 1 is 1.05 bits per heavy atom. The van der Waals surface area contributed by atoms with Crippen LogP contribution in [0.5, 0.6) is 5.75 Å². The van der Waals surface area contributed by atoms with E-state index in [1.807, 2.05) is 13.8 Å². The zero-order valence-electron chi connectivity index (χ0n) is 23.4. The zero-order chi connectivity index (χ0) is 28.0. The lowest BCUT2D eigenvalue weighted by atomic mass is 10.0. The predicted molar refractivity (Wildman–Crippen MR) is 149 cm³/mol. The van der Waals surface area contributed by atoms with Crippen LogP contribution in [0.25, 0.3) is 0 Å². The van der Waals surface area contributed by atoms with Crippen LogP contribution in [-0.2, 0) is 14.4 Å². The molecule has 0 aromatic heterocycles. The summed E-state index contributed by atoms with van der Waals surface area (Å²) in [5.41, 5.74) is 0.317. The zero-order valence-corrected chi connectivity index (χ0v) is 23.4. The number of nitrogens with one attached hydrogen (secondary N) is 4. The van der Waals surface area contributed by atoms with Gasteiger partial charge in [0.25, 0.3) is 5.91 Å². The number of benzene rings is 1. The number of ether oxygens (including phenoxy) is 1. The smallest absolute Gasteiger partial charge is 0.255 e. The van der Waals surface area contributed by atoms with E-state index in [2.05, 4.69) is 26.2 Å². The summed E-state index contributed by atoms with van der Waals surface area (Å²) in [5, 5.41) is 11.5. The number of rotatable bonds is 6. The van der Waals surface area contributed by atoms with E-state index in [4.69, 9.17) is 4.74 Å². The second-order valence-electron chi connectivity index (χ2n) is 10.9. The number of fused-ring (bicyclic) bond motifs is 1. The predicted octanol–water partition coefficient (Wildman–Crippen LogP) is 1.99. The van der Waals surface area contributed by atoms with Crippen molar-refractivity contribution in [2.75, 3.05) is 39.3 Å². The van der Waals surface area contributed by atoms with Gasteiger partial charge < -0.3 is 30.9 Å². The lowest BCUT2D eigenvalue weighted by Crippen LogP contribution is -2.50. The summed E-state index contributed by atoms with van der Waals surface area (Å²) in [7, 11) is 0. The fourth-order valence-electron chi connectivity index (χ4n) is 4.94. The van der Waals surface area contributed by atoms with Gasteiger partial charge in [-0.25, -0.2) is 0 Å². The minimum atomic E-state index is -0.911. The first kappa shape index (κ1) is 30.4. The molecule has 4 N–H and O–H groups in total. The number of carbonyl (C=O) groups excluding carboxylic acids is 4. The van der Waals surface area contributed by atoms with E-state index in [-0.39, 0.29) is 36.5 Å². The van der Waals surface area contributed by atoms with E-state index in [1.54, 1.807) is 24.3 Å². The molecule has 0 spiro atoms. The molecule has 1 fully saturated rings. The Kier molecular flexibility index (Phi) is 12.5. The van der Waals surface area contributed by atoms with Crippen LogP contribution in [0.15, 0.2) is 24.3 Å². The minimum Gasteiger partial charge on any atom is -0.493 e. The molecule has 39 heavy (non-hydrogen) atoms. The van der Waals surface area contributed by atoms with Crippen molar-refractivity contribution in [3.05, 3.63) is 29.8 Å². The van der Waals surface area contributed by atoms with Crippen molar-refractivity contribution in [1.82, 2.24) is 26.2 Å². The highest BCUT2D eigenvalue weighted by Crippen LogP contribution is 2.19. The molecule has 216 valence electrons. The van der Waals surface area contributed by atoms with E-state index in [1.165, 1.54) is 25.7 Å². The quantitative estimate of drug-likeness (QED) is 0.434. The molecule has 10 nitrogen and oxygen atoms in total. The SMILES string of the molecule is CC(C)C[C@@H]1NC(=O)CC[C@@H](C(=O)NCCN2CCCCCC2)NC(=O)c2ccccc2OCCCNC1=O. The third-order valence-electron chi connectivity index (χ3n) is 7.08. The summed E-state index contributed by atoms with van der Waals surface area (Å²) in [4.78, 5) is 54.4. The van der Waals surface area contributed by atoms with Gasteiger partial charge in [-0.1, -0.05) is 38.8 Å². The second kappa shape index (κ2) is 16.1. The van der Waals surface area contributed by atoms with Crippen molar-refractivity contribution in [2.45, 2.75) is 77.3 Å². The van der Waals surface area contributed by atoms with Crippen molar-refractivity contribution in [3.8, 4) is 5.75 Å². The maximum atomic E-state index is 13.2. The van der Waals surface area contributed by atoms with Crippen molar-refractivity contribution in [3.63, 3.8) is 0 Å². The maximum Gasteiger partial charge on any atom is 0.255 e. The Morgan fingerprint density at radius 2 is 1.79 bits per heavy atom. The molecule has 0 bridgehead atoms. The van der Waals surface area contributed by atoms with E-state index >= 15 is 0 Å². The molecule has 1 aromatic rings. The third kappa shape index (κ3) is 10.5. The third-order valence-corrected chi connectivity index (χ3v) is 7.08. The Hall–Kier alpha value is -3.14. The number of hydrogen-bond donors (Lipinski definition) is 4. The van der Waals surface area contributed by atoms with Crippen LogP contribution in [0.1, 0.15) is 75.6 Å². The second-order valence-corrected chi connectivity index (χ2v) is 10.9. The van der Waals surface area contributed by atoms with Gasteiger partial charge in [-0.2, -0.15) is 0 Å². The summed E-state index contributed by atoms with van der Waals surface area (Å²) in [6, 6.07) is 5.29. The largest absolute Gasteiger partial charge is 0.493 e. The minimum absolute atomic E-state index is 0.00941. The van der Waals surface area contributed by atoms with E-state index in [0.29, 0.717) is 43.9 Å². The molecule has 1 aromatic carbocycles. The summed E-state index contributed by atoms with van der Waals surface area (Å²) in [6.07, 6.45) is 5.94. The van der Waals surface area contributed by atoms with Crippen molar-refractivity contribution >= 4 is 23.6 Å². The highest BCUT2D eigenvalue weighted by molar-refractivity contribution is 5.99. The van der Waals surface area contributed by atoms with Gasteiger partial charge in [0.05, 0.1) is 12.2 Å². The normalized spacial score (nSPS) is 22.5. The summed E-state index contributed by atoms with van der Waals surface area (Å²) >= 11 is 0. The van der Waals surface area contributed by atoms with Gasteiger partial charge >= 0.3 is 0 Å². The number of carbonyl (C=O) groups is 4. The summed E-state index contributed by atoms with van der Waals surface area (Å²) in [6.45, 7) is 7.93. The van der Waals surface area contributed by atoms with Crippen LogP contribution in [0.3, 0.4) is 0 Å². The highest BCUT2D eigenvalue weighted by atomic mass is 16.5. The molecule has 2 aliphatic heterocycles. The molecule has 2 atom stereocenters. The number of likely N-dealkylation sites (tertiary alicyclic amines) is 1. The molecule has 0 radical (unpaired) electrons. The molecule has 1 saturated heterocycles. The maximum absolute atomic E-state index is 13.2. The van der Waals surface area contributed by atoms with Gasteiger partial charge in [-0.3, -0.25) is 19.2 Å². The Bertz CT molecular complexity index is 961. The molecular formula is C29H45N5O5. The van der Waals surface area contributed by atoms with Gasteiger partial charge in [0.1, 0.15) is 17.8 Å². The van der Waals surface area contributed by atoms with Crippen LogP contribution in [-0.4, -0.2) is 79.9 Å². The van der Waals surface area contributed by atoms with Crippen molar-refractivity contribution in [2.24, 2.45) is 5.92 Å². The molecular weight excluding hydrogens is 498 g/mol. The van der Waals surface area contributed by atoms with Crippen LogP contribution >= 0.6 is 0 Å². The first-order chi connectivity index (χ1) is 18.8. The lowest BCUT2D eigenvalue weighted by Gasteiger charge is -2.23. The van der Waals surface area contributed by atoms with Gasteiger partial charge in [0.2, 0.25) is 17.7 Å². The van der Waals surface area contributed by atoms with E-state index in [9.17, 15) is 19.2 Å². The van der Waals surface area contributed by atoms with E-state index in [0.717, 1.165) is 19.6 Å². The molecule has 3 rings (SSSR count). The van der Waals surface area contributed by atoms with Crippen LogP contribution in [0.4, 0.5) is 0 Å². The van der Waals surface area contributed by atoms with Gasteiger partial charge in [-0.15, -0.1) is 0 Å². The monoisotopic (exact) mass is 543 g/mol. The number of hydrogen-bond acceptors (Lipinski definition) is 6. The topological polar surface area (TPSA) is 129 Å². The molecule has 10 heteroatoms. The van der Waals surface area contributed by atoms with Crippen LogP contribution < -0.4 is 26.0 Å². The van der Waals surface area contributed by atoms with Crippen LogP contribution in [0, 0.1) is 5.92 Å². The fraction of sp³-hybridized carbons (Fsp3) is 0.655.